The molecule has 1 heterocycles. The van der Waals surface area contributed by atoms with E-state index >= 15 is 0 Å². The van der Waals surface area contributed by atoms with E-state index in [0.717, 1.165) is 11.1 Å². The summed E-state index contributed by atoms with van der Waals surface area (Å²) in [6, 6.07) is 10.6. The van der Waals surface area contributed by atoms with Gasteiger partial charge in [0, 0.05) is 5.70 Å². The van der Waals surface area contributed by atoms with Crippen molar-refractivity contribution in [3.8, 4) is 11.5 Å². The van der Waals surface area contributed by atoms with Crippen molar-refractivity contribution in [2.24, 2.45) is 5.92 Å². The summed E-state index contributed by atoms with van der Waals surface area (Å²) in [6.07, 6.45) is 0. The van der Waals surface area contributed by atoms with Gasteiger partial charge in [0.25, 0.3) is 0 Å². The molecule has 0 spiro atoms. The molecule has 0 radical (unpaired) electrons. The summed E-state index contributed by atoms with van der Waals surface area (Å²) < 4.78 is 16.9. The molecule has 0 saturated carbocycles. The van der Waals surface area contributed by atoms with Gasteiger partial charge in [-0.05, 0) is 55.5 Å². The number of nitrogens with one attached hydrogen (secondary N) is 2. The first kappa shape index (κ1) is 24.2. The number of methoxy groups -OCH3 is 1. The molecule has 0 aromatic heterocycles. The molecule has 2 aromatic rings. The highest BCUT2D eigenvalue weighted by Gasteiger charge is 2.35. The molecule has 1 unspecified atom stereocenters. The number of rotatable bonds is 8. The lowest BCUT2D eigenvalue weighted by Crippen LogP contribution is -2.47. The number of hydrogen-bond donors (Lipinski definition) is 2. The third-order valence-corrected chi connectivity index (χ3v) is 5.58. The third kappa shape index (κ3) is 5.48. The highest BCUT2D eigenvalue weighted by Crippen LogP contribution is 2.36. The Kier molecular flexibility index (Phi) is 7.63. The fraction of sp³-hybridized carbons (Fsp3) is 0.385. The largest absolute Gasteiger partial charge is 0.493 e. The van der Waals surface area contributed by atoms with Gasteiger partial charge in [0.05, 0.1) is 25.3 Å². The van der Waals surface area contributed by atoms with E-state index in [9.17, 15) is 9.59 Å². The molecule has 0 saturated heterocycles. The highest BCUT2D eigenvalue weighted by atomic mass is 16.5. The van der Waals surface area contributed by atoms with Crippen LogP contribution in [0.15, 0.2) is 47.7 Å². The lowest BCUT2D eigenvalue weighted by Gasteiger charge is -2.31. The van der Waals surface area contributed by atoms with Crippen molar-refractivity contribution in [2.75, 3.05) is 13.7 Å². The van der Waals surface area contributed by atoms with Gasteiger partial charge in [-0.15, -0.1) is 0 Å². The average Bonchev–Trinajstić information content (AvgIpc) is 2.79. The maximum absolute atomic E-state index is 12.8. The number of allylic oxidation sites excluding steroid dienone is 1. The zero-order valence-electron chi connectivity index (χ0n) is 20.1. The molecule has 0 bridgehead atoms. The van der Waals surface area contributed by atoms with Crippen LogP contribution in [-0.2, 0) is 16.1 Å². The Morgan fingerprint density at radius 1 is 1.09 bits per heavy atom. The lowest BCUT2D eigenvalue weighted by atomic mass is 9.91. The van der Waals surface area contributed by atoms with Crippen molar-refractivity contribution in [3.05, 3.63) is 69.9 Å². The summed E-state index contributed by atoms with van der Waals surface area (Å²) in [5.74, 6) is 0.556. The van der Waals surface area contributed by atoms with Gasteiger partial charge in [-0.3, -0.25) is 0 Å². The molecule has 7 heteroatoms. The Labute approximate surface area is 195 Å². The van der Waals surface area contributed by atoms with Crippen LogP contribution in [0.2, 0.25) is 0 Å². The Morgan fingerprint density at radius 3 is 2.52 bits per heavy atom. The van der Waals surface area contributed by atoms with Crippen molar-refractivity contribution in [1.82, 2.24) is 10.6 Å². The van der Waals surface area contributed by atoms with E-state index in [0.29, 0.717) is 34.9 Å². The van der Waals surface area contributed by atoms with Gasteiger partial charge in [0.15, 0.2) is 11.5 Å². The summed E-state index contributed by atoms with van der Waals surface area (Å²) in [5.41, 5.74) is 5.05. The minimum absolute atomic E-state index is 0.0694. The van der Waals surface area contributed by atoms with E-state index < -0.39 is 12.0 Å². The number of aryl methyl sites for hydroxylation is 2. The maximum atomic E-state index is 12.8. The molecule has 1 atom stereocenters. The minimum Gasteiger partial charge on any atom is -0.493 e. The summed E-state index contributed by atoms with van der Waals surface area (Å²) >= 11 is 0. The smallest absolute Gasteiger partial charge is 0.338 e. The Balaban J connectivity index is 1.94. The van der Waals surface area contributed by atoms with E-state index in [1.807, 2.05) is 33.8 Å². The van der Waals surface area contributed by atoms with Gasteiger partial charge in [-0.1, -0.05) is 43.7 Å². The molecule has 0 aliphatic carbocycles. The van der Waals surface area contributed by atoms with Crippen molar-refractivity contribution >= 4 is 12.0 Å². The standard InChI is InChI=1S/C26H32N2O5/c1-7-32-25(29)22-23(15(2)3)27-26(30)28-24(22)18-10-11-20(21(13-18)31-6)33-14-19-12-16(4)8-9-17(19)5/h8-13,15,24H,7,14H2,1-6H3,(H2,27,28,30). The van der Waals surface area contributed by atoms with Crippen molar-refractivity contribution in [2.45, 2.75) is 47.3 Å². The quantitative estimate of drug-likeness (QED) is 0.566. The number of carbonyl (C=O) groups is 2. The molecule has 1 aliphatic rings. The van der Waals surface area contributed by atoms with E-state index in [2.05, 4.69) is 28.8 Å². The zero-order chi connectivity index (χ0) is 24.1. The number of esters is 1. The number of carbonyl (C=O) groups excluding carboxylic acids is 2. The second kappa shape index (κ2) is 10.4. The molecule has 33 heavy (non-hydrogen) atoms. The fourth-order valence-corrected chi connectivity index (χ4v) is 3.82. The zero-order valence-corrected chi connectivity index (χ0v) is 20.1. The number of benzene rings is 2. The van der Waals surface area contributed by atoms with Gasteiger partial charge in [0.2, 0.25) is 0 Å². The molecular formula is C26H32N2O5. The number of ether oxygens (including phenoxy) is 3. The van der Waals surface area contributed by atoms with Crippen LogP contribution in [-0.4, -0.2) is 25.7 Å². The van der Waals surface area contributed by atoms with Crippen LogP contribution in [0.25, 0.3) is 0 Å². The van der Waals surface area contributed by atoms with Crippen LogP contribution in [0, 0.1) is 19.8 Å². The van der Waals surface area contributed by atoms with Crippen molar-refractivity contribution < 1.29 is 23.8 Å². The normalized spacial score (nSPS) is 15.7. The molecule has 2 aromatic carbocycles. The SMILES string of the molecule is CCOC(=O)C1=C(C(C)C)NC(=O)NC1c1ccc(OCc2cc(C)ccc2C)c(OC)c1. The third-order valence-electron chi connectivity index (χ3n) is 5.58. The molecule has 0 fully saturated rings. The van der Waals surface area contributed by atoms with Gasteiger partial charge < -0.3 is 24.8 Å². The monoisotopic (exact) mass is 452 g/mol. The molecule has 1 aliphatic heterocycles. The van der Waals surface area contributed by atoms with E-state index in [1.54, 1.807) is 26.2 Å². The molecular weight excluding hydrogens is 420 g/mol. The van der Waals surface area contributed by atoms with Gasteiger partial charge >= 0.3 is 12.0 Å². The molecule has 3 rings (SSSR count). The molecule has 7 nitrogen and oxygen atoms in total. The van der Waals surface area contributed by atoms with Gasteiger partial charge in [0.1, 0.15) is 6.61 Å². The predicted octanol–water partition coefficient (Wildman–Crippen LogP) is 4.72. The lowest BCUT2D eigenvalue weighted by molar-refractivity contribution is -0.139. The van der Waals surface area contributed by atoms with Crippen LogP contribution < -0.4 is 20.1 Å². The summed E-state index contributed by atoms with van der Waals surface area (Å²) in [7, 11) is 1.56. The first-order valence-electron chi connectivity index (χ1n) is 11.1. The fourth-order valence-electron chi connectivity index (χ4n) is 3.82. The first-order chi connectivity index (χ1) is 15.7. The van der Waals surface area contributed by atoms with Crippen LogP contribution in [0.3, 0.4) is 0 Å². The van der Waals surface area contributed by atoms with E-state index in [1.165, 1.54) is 5.56 Å². The van der Waals surface area contributed by atoms with Gasteiger partial charge in [-0.25, -0.2) is 9.59 Å². The predicted molar refractivity (Wildman–Crippen MR) is 126 cm³/mol. The second-order valence-corrected chi connectivity index (χ2v) is 8.36. The van der Waals surface area contributed by atoms with Crippen LogP contribution in [0.1, 0.15) is 49.1 Å². The highest BCUT2D eigenvalue weighted by molar-refractivity contribution is 5.95. The Morgan fingerprint density at radius 2 is 1.85 bits per heavy atom. The van der Waals surface area contributed by atoms with Crippen LogP contribution in [0.5, 0.6) is 11.5 Å². The first-order valence-corrected chi connectivity index (χ1v) is 11.1. The number of urea groups is 1. The summed E-state index contributed by atoms with van der Waals surface area (Å²) in [5, 5.41) is 5.61. The van der Waals surface area contributed by atoms with Crippen LogP contribution >= 0.6 is 0 Å². The maximum Gasteiger partial charge on any atom is 0.338 e. The molecule has 2 amide bonds. The average molecular weight is 453 g/mol. The van der Waals surface area contributed by atoms with Crippen molar-refractivity contribution in [1.29, 1.82) is 0 Å². The van der Waals surface area contributed by atoms with Gasteiger partial charge in [-0.2, -0.15) is 0 Å². The number of hydrogen-bond acceptors (Lipinski definition) is 5. The number of amides is 2. The van der Waals surface area contributed by atoms with E-state index in [4.69, 9.17) is 14.2 Å². The summed E-state index contributed by atoms with van der Waals surface area (Å²) in [6.45, 7) is 10.3. The summed E-state index contributed by atoms with van der Waals surface area (Å²) in [4.78, 5) is 25.2. The van der Waals surface area contributed by atoms with Crippen molar-refractivity contribution in [3.63, 3.8) is 0 Å². The minimum atomic E-state index is -0.669. The molecule has 2 N–H and O–H groups in total. The van der Waals surface area contributed by atoms with E-state index in [-0.39, 0.29) is 18.6 Å². The topological polar surface area (TPSA) is 85.9 Å². The second-order valence-electron chi connectivity index (χ2n) is 8.36. The Bertz CT molecular complexity index is 1070. The Hall–Kier alpha value is -3.48. The van der Waals surface area contributed by atoms with Crippen LogP contribution in [0.4, 0.5) is 4.79 Å². The molecule has 176 valence electrons.